The third kappa shape index (κ3) is 4.80. The number of hydrogen-bond donors (Lipinski definition) is 1. The van der Waals surface area contributed by atoms with Gasteiger partial charge in [-0.3, -0.25) is 19.8 Å². The first-order valence-electron chi connectivity index (χ1n) is 9.75. The van der Waals surface area contributed by atoms with Gasteiger partial charge in [-0.2, -0.15) is 13.2 Å². The lowest BCUT2D eigenvalue weighted by molar-refractivity contribution is -0.137. The largest absolute Gasteiger partial charge is 0.457 e. The van der Waals surface area contributed by atoms with Gasteiger partial charge in [0.05, 0.1) is 16.3 Å². The molecule has 1 fully saturated rings. The van der Waals surface area contributed by atoms with Crippen molar-refractivity contribution in [2.45, 2.75) is 6.18 Å². The van der Waals surface area contributed by atoms with Gasteiger partial charge in [0.15, 0.2) is 5.11 Å². The molecule has 0 atom stereocenters. The fourth-order valence-electron chi connectivity index (χ4n) is 3.22. The van der Waals surface area contributed by atoms with Crippen molar-refractivity contribution >= 4 is 52.5 Å². The van der Waals surface area contributed by atoms with Gasteiger partial charge in [-0.1, -0.05) is 41.9 Å². The van der Waals surface area contributed by atoms with E-state index < -0.39 is 34.1 Å². The average Bonchev–Trinajstić information content (AvgIpc) is 2.78. The first kappa shape index (κ1) is 23.5. The van der Waals surface area contributed by atoms with Crippen molar-refractivity contribution in [3.63, 3.8) is 0 Å². The van der Waals surface area contributed by atoms with Crippen molar-refractivity contribution in [3.05, 3.63) is 94.5 Å². The monoisotopic (exact) mass is 502 g/mol. The highest BCUT2D eigenvalue weighted by Crippen LogP contribution is 2.37. The van der Waals surface area contributed by atoms with E-state index in [1.54, 1.807) is 36.4 Å². The molecule has 1 aliphatic heterocycles. The van der Waals surface area contributed by atoms with E-state index in [9.17, 15) is 22.8 Å². The molecule has 4 rings (SSSR count). The van der Waals surface area contributed by atoms with Gasteiger partial charge >= 0.3 is 6.18 Å². The van der Waals surface area contributed by atoms with Crippen LogP contribution >= 0.6 is 23.8 Å². The fraction of sp³-hybridized carbons (Fsp3) is 0.0417. The lowest BCUT2D eigenvalue weighted by Crippen LogP contribution is -2.54. The van der Waals surface area contributed by atoms with Crippen LogP contribution < -0.4 is 15.0 Å². The van der Waals surface area contributed by atoms with E-state index in [0.29, 0.717) is 17.2 Å². The minimum Gasteiger partial charge on any atom is -0.457 e. The van der Waals surface area contributed by atoms with E-state index in [4.69, 9.17) is 28.6 Å². The Morgan fingerprint density at radius 3 is 2.21 bits per heavy atom. The molecule has 0 aromatic heterocycles. The normalized spacial score (nSPS) is 15.5. The van der Waals surface area contributed by atoms with Crippen molar-refractivity contribution in [1.82, 2.24) is 5.32 Å². The number of anilines is 1. The summed E-state index contributed by atoms with van der Waals surface area (Å²) < 4.78 is 45.3. The lowest BCUT2D eigenvalue weighted by atomic mass is 10.0. The van der Waals surface area contributed by atoms with Crippen molar-refractivity contribution in [2.75, 3.05) is 4.90 Å². The molecule has 1 N–H and O–H groups in total. The van der Waals surface area contributed by atoms with E-state index in [1.807, 2.05) is 18.2 Å². The van der Waals surface area contributed by atoms with Gasteiger partial charge < -0.3 is 4.74 Å². The summed E-state index contributed by atoms with van der Waals surface area (Å²) in [4.78, 5) is 26.6. The van der Waals surface area contributed by atoms with Crippen molar-refractivity contribution in [1.29, 1.82) is 0 Å². The molecule has 34 heavy (non-hydrogen) atoms. The highest BCUT2D eigenvalue weighted by Gasteiger charge is 2.36. The molecular formula is C24H14ClF3N2O3S. The van der Waals surface area contributed by atoms with E-state index >= 15 is 0 Å². The number of thiocarbonyl (C=S) groups is 1. The summed E-state index contributed by atoms with van der Waals surface area (Å²) in [6.45, 7) is 0. The summed E-state index contributed by atoms with van der Waals surface area (Å²) in [7, 11) is 0. The number of nitrogens with one attached hydrogen (secondary N) is 1. The van der Waals surface area contributed by atoms with Gasteiger partial charge in [0, 0.05) is 0 Å². The predicted octanol–water partition coefficient (Wildman–Crippen LogP) is 5.98. The Morgan fingerprint density at radius 1 is 0.912 bits per heavy atom. The van der Waals surface area contributed by atoms with Gasteiger partial charge in [-0.15, -0.1) is 0 Å². The molecule has 1 saturated heterocycles. The number of amides is 2. The molecule has 2 amide bonds. The topological polar surface area (TPSA) is 58.6 Å². The number of halogens is 4. The molecule has 10 heteroatoms. The number of hydrogen-bond acceptors (Lipinski definition) is 4. The van der Waals surface area contributed by atoms with Gasteiger partial charge in [0.25, 0.3) is 11.8 Å². The molecule has 0 saturated carbocycles. The van der Waals surface area contributed by atoms with Crippen molar-refractivity contribution in [2.24, 2.45) is 0 Å². The first-order valence-corrected chi connectivity index (χ1v) is 10.5. The number of rotatable bonds is 4. The van der Waals surface area contributed by atoms with Crippen LogP contribution in [0.4, 0.5) is 18.9 Å². The Hall–Kier alpha value is -3.69. The summed E-state index contributed by atoms with van der Waals surface area (Å²) in [5.41, 5.74) is -1.29. The number of para-hydroxylation sites is 1. The minimum absolute atomic E-state index is 0.130. The van der Waals surface area contributed by atoms with Crippen LogP contribution in [0, 0.1) is 0 Å². The second-order valence-corrected chi connectivity index (χ2v) is 7.84. The van der Waals surface area contributed by atoms with Crippen LogP contribution in [0.1, 0.15) is 11.1 Å². The number of ether oxygens (including phenoxy) is 1. The summed E-state index contributed by atoms with van der Waals surface area (Å²) in [5, 5.41) is 1.59. The molecule has 3 aromatic rings. The Labute approximate surface area is 202 Å². The highest BCUT2D eigenvalue weighted by molar-refractivity contribution is 7.80. The molecule has 3 aromatic carbocycles. The third-order valence-corrected chi connectivity index (χ3v) is 5.52. The van der Waals surface area contributed by atoms with Crippen LogP contribution in [0.2, 0.25) is 5.02 Å². The number of benzene rings is 3. The minimum atomic E-state index is -4.69. The fourth-order valence-corrected chi connectivity index (χ4v) is 3.78. The Kier molecular flexibility index (Phi) is 6.41. The smallest absolute Gasteiger partial charge is 0.417 e. The number of carbonyl (C=O) groups excluding carboxylic acids is 2. The van der Waals surface area contributed by atoms with Crippen LogP contribution in [0.25, 0.3) is 6.08 Å². The van der Waals surface area contributed by atoms with Crippen LogP contribution in [0.15, 0.2) is 78.4 Å². The SMILES string of the molecule is O=C1NC(=S)N(c2ccc(Oc3ccccc3)cc2)C(=O)C1=Cc1cccc(C(F)(F)F)c1Cl. The molecule has 0 aliphatic carbocycles. The maximum atomic E-state index is 13.2. The lowest BCUT2D eigenvalue weighted by Gasteiger charge is -2.29. The second kappa shape index (κ2) is 9.28. The number of carbonyl (C=O) groups is 2. The molecular weight excluding hydrogens is 489 g/mol. The molecule has 5 nitrogen and oxygen atoms in total. The Balaban J connectivity index is 1.64. The summed E-state index contributed by atoms with van der Waals surface area (Å²) in [6, 6.07) is 18.6. The standard InChI is InChI=1S/C24H14ClF3N2O3S/c25-20-14(5-4-8-19(20)24(26,27)28)13-18-21(31)29-23(34)30(22(18)32)15-9-11-17(12-10-15)33-16-6-2-1-3-7-16/h1-13H,(H,29,31,34). The first-order chi connectivity index (χ1) is 16.1. The van der Waals surface area contributed by atoms with Crippen LogP contribution in [-0.2, 0) is 15.8 Å². The molecule has 0 spiro atoms. The predicted molar refractivity (Wildman–Crippen MR) is 126 cm³/mol. The molecule has 1 heterocycles. The van der Waals surface area contributed by atoms with Crippen molar-refractivity contribution < 1.29 is 27.5 Å². The summed E-state index contributed by atoms with van der Waals surface area (Å²) in [5.74, 6) is -0.529. The van der Waals surface area contributed by atoms with Crippen LogP contribution in [0.5, 0.6) is 11.5 Å². The maximum absolute atomic E-state index is 13.2. The summed E-state index contributed by atoms with van der Waals surface area (Å²) >= 11 is 11.1. The van der Waals surface area contributed by atoms with E-state index in [0.717, 1.165) is 23.1 Å². The quantitative estimate of drug-likeness (QED) is 0.271. The maximum Gasteiger partial charge on any atom is 0.417 e. The van der Waals surface area contributed by atoms with Crippen LogP contribution in [0.3, 0.4) is 0 Å². The highest BCUT2D eigenvalue weighted by atomic mass is 35.5. The Morgan fingerprint density at radius 2 is 1.56 bits per heavy atom. The zero-order chi connectivity index (χ0) is 24.5. The molecule has 0 bridgehead atoms. The van der Waals surface area contributed by atoms with Gasteiger partial charge in [-0.25, -0.2) is 0 Å². The zero-order valence-electron chi connectivity index (χ0n) is 17.1. The van der Waals surface area contributed by atoms with Crippen molar-refractivity contribution in [3.8, 4) is 11.5 Å². The van der Waals surface area contributed by atoms with Gasteiger partial charge in [0.1, 0.15) is 17.1 Å². The molecule has 0 radical (unpaired) electrons. The van der Waals surface area contributed by atoms with E-state index in [-0.39, 0.29) is 10.7 Å². The zero-order valence-corrected chi connectivity index (χ0v) is 18.7. The number of nitrogens with zero attached hydrogens (tertiary/aromatic N) is 1. The van der Waals surface area contributed by atoms with Crippen LogP contribution in [-0.4, -0.2) is 16.9 Å². The third-order valence-electron chi connectivity index (χ3n) is 4.81. The van der Waals surface area contributed by atoms with E-state index in [1.165, 1.54) is 6.07 Å². The summed E-state index contributed by atoms with van der Waals surface area (Å²) in [6.07, 6.45) is -3.68. The van der Waals surface area contributed by atoms with Gasteiger partial charge in [0.2, 0.25) is 0 Å². The second-order valence-electron chi connectivity index (χ2n) is 7.07. The Bertz CT molecular complexity index is 1310. The molecule has 1 aliphatic rings. The number of alkyl halides is 3. The average molecular weight is 503 g/mol. The van der Waals surface area contributed by atoms with E-state index in [2.05, 4.69) is 5.32 Å². The van der Waals surface area contributed by atoms with Gasteiger partial charge in [-0.05, 0) is 66.3 Å². The molecule has 0 unspecified atom stereocenters. The molecule has 172 valence electrons.